The molecule has 0 fully saturated rings. The van der Waals surface area contributed by atoms with E-state index < -0.39 is 11.9 Å². The van der Waals surface area contributed by atoms with E-state index in [4.69, 9.17) is 37.9 Å². The molecule has 0 heterocycles. The summed E-state index contributed by atoms with van der Waals surface area (Å²) in [4.78, 5) is 26.7. The van der Waals surface area contributed by atoms with Crippen molar-refractivity contribution < 1.29 is 47.5 Å². The lowest BCUT2D eigenvalue weighted by Gasteiger charge is -2.16. The highest BCUT2D eigenvalue weighted by Crippen LogP contribution is 2.39. The van der Waals surface area contributed by atoms with Gasteiger partial charge < -0.3 is 42.8 Å². The quantitative estimate of drug-likeness (QED) is 0.152. The minimum atomic E-state index is -0.595. The first-order valence-corrected chi connectivity index (χ1v) is 13.5. The summed E-state index contributed by atoms with van der Waals surface area (Å²) in [7, 11) is 11.0. The van der Waals surface area contributed by atoms with E-state index in [1.807, 2.05) is 7.05 Å². The molecule has 11 heteroatoms. The molecule has 0 spiro atoms. The van der Waals surface area contributed by atoms with E-state index in [1.165, 1.54) is 42.7 Å². The lowest BCUT2D eigenvalue weighted by Crippen LogP contribution is -2.22. The zero-order chi connectivity index (χ0) is 30.9. The van der Waals surface area contributed by atoms with Gasteiger partial charge in [-0.3, -0.25) is 0 Å². The third-order valence-corrected chi connectivity index (χ3v) is 6.21. The molecule has 0 aliphatic rings. The number of unbranched alkanes of at least 4 members (excludes halogenated alkanes) is 2. The number of esters is 2. The summed E-state index contributed by atoms with van der Waals surface area (Å²) < 4.78 is 42.4. The first-order valence-electron chi connectivity index (χ1n) is 13.5. The van der Waals surface area contributed by atoms with Crippen molar-refractivity contribution in [1.29, 1.82) is 0 Å². The number of carbonyl (C=O) groups excluding carboxylic acids is 2. The van der Waals surface area contributed by atoms with Crippen LogP contribution in [-0.4, -0.2) is 92.8 Å². The molecular weight excluding hydrogens is 546 g/mol. The highest BCUT2D eigenvalue weighted by Gasteiger charge is 2.18. The Bertz CT molecular complexity index is 1180. The molecule has 2 aromatic rings. The van der Waals surface area contributed by atoms with Gasteiger partial charge in [-0.15, -0.1) is 0 Å². The van der Waals surface area contributed by atoms with Gasteiger partial charge in [-0.25, -0.2) is 9.59 Å². The fourth-order valence-corrected chi connectivity index (χ4v) is 4.03. The van der Waals surface area contributed by atoms with Crippen molar-refractivity contribution in [2.45, 2.75) is 25.7 Å². The monoisotopic (exact) mass is 587 g/mol. The molecule has 0 aromatic heterocycles. The summed E-state index contributed by atoms with van der Waals surface area (Å²) in [5.74, 6) is 6.76. The Labute approximate surface area is 247 Å². The molecule has 11 nitrogen and oxygen atoms in total. The molecule has 0 aliphatic carbocycles. The third kappa shape index (κ3) is 10.3. The van der Waals surface area contributed by atoms with Gasteiger partial charge in [0, 0.05) is 18.0 Å². The summed E-state index contributed by atoms with van der Waals surface area (Å²) >= 11 is 0. The summed E-state index contributed by atoms with van der Waals surface area (Å²) in [6.45, 7) is 2.22. The molecule has 42 heavy (non-hydrogen) atoms. The van der Waals surface area contributed by atoms with Crippen LogP contribution in [0.15, 0.2) is 24.3 Å². The maximum Gasteiger partial charge on any atom is 0.384 e. The molecule has 230 valence electrons. The highest BCUT2D eigenvalue weighted by atomic mass is 16.5. The number of carbonyl (C=O) groups is 2. The second kappa shape index (κ2) is 18.2. The average Bonchev–Trinajstić information content (AvgIpc) is 3.01. The van der Waals surface area contributed by atoms with Gasteiger partial charge in [0.2, 0.25) is 11.5 Å². The first-order chi connectivity index (χ1) is 20.3. The summed E-state index contributed by atoms with van der Waals surface area (Å²) in [5.41, 5.74) is 0.867. The van der Waals surface area contributed by atoms with Gasteiger partial charge in [-0.05, 0) is 63.5 Å². The second-order valence-corrected chi connectivity index (χ2v) is 9.07. The number of hydrogen-bond donors (Lipinski definition) is 0. The van der Waals surface area contributed by atoms with E-state index in [2.05, 4.69) is 16.7 Å². The largest absolute Gasteiger partial charge is 0.493 e. The van der Waals surface area contributed by atoms with Gasteiger partial charge in [-0.2, -0.15) is 0 Å². The Hall–Kier alpha value is -4.30. The SMILES string of the molecule is COc1cc(C#CC(=O)OCCCCCN(C)CCCOC(=O)c2cc(OC)c(OC)c(OC)c2)cc(OC)c1OC. The molecule has 0 radical (unpaired) electrons. The number of ether oxygens (including phenoxy) is 8. The van der Waals surface area contributed by atoms with Crippen molar-refractivity contribution in [2.75, 3.05) is 76.0 Å². The lowest BCUT2D eigenvalue weighted by atomic mass is 10.2. The molecule has 2 rings (SSSR count). The van der Waals surface area contributed by atoms with Crippen LogP contribution in [0.4, 0.5) is 0 Å². The van der Waals surface area contributed by atoms with Crippen molar-refractivity contribution >= 4 is 11.9 Å². The van der Waals surface area contributed by atoms with E-state index in [-0.39, 0.29) is 6.61 Å². The average molecular weight is 588 g/mol. The van der Waals surface area contributed by atoms with Crippen molar-refractivity contribution in [3.63, 3.8) is 0 Å². The Balaban J connectivity index is 1.64. The van der Waals surface area contributed by atoms with E-state index in [0.717, 1.165) is 32.4 Å². The topological polar surface area (TPSA) is 111 Å². The normalized spacial score (nSPS) is 10.3. The van der Waals surface area contributed by atoms with Crippen LogP contribution >= 0.6 is 0 Å². The minimum Gasteiger partial charge on any atom is -0.493 e. The Morgan fingerprint density at radius 3 is 1.67 bits per heavy atom. The van der Waals surface area contributed by atoms with Crippen molar-refractivity contribution in [1.82, 2.24) is 4.90 Å². The van der Waals surface area contributed by atoms with Crippen LogP contribution in [0, 0.1) is 11.8 Å². The molecule has 0 amide bonds. The predicted octanol–water partition coefficient (Wildman–Crippen LogP) is 3.98. The van der Waals surface area contributed by atoms with Crippen LogP contribution in [0.3, 0.4) is 0 Å². The maximum atomic E-state index is 12.5. The predicted molar refractivity (Wildman–Crippen MR) is 156 cm³/mol. The number of rotatable bonds is 17. The van der Waals surface area contributed by atoms with Gasteiger partial charge in [0.15, 0.2) is 23.0 Å². The van der Waals surface area contributed by atoms with Gasteiger partial charge >= 0.3 is 11.9 Å². The van der Waals surface area contributed by atoms with Crippen molar-refractivity contribution in [3.8, 4) is 46.3 Å². The molecular formula is C31H41NO10. The lowest BCUT2D eigenvalue weighted by molar-refractivity contribution is -0.136. The first kappa shape index (κ1) is 33.9. The molecule has 0 atom stereocenters. The summed E-state index contributed by atoms with van der Waals surface area (Å²) in [5, 5.41) is 0. The molecule has 0 aliphatic heterocycles. The standard InChI is InChI=1S/C31H41NO10/c1-32(15-11-17-42-31(34)23-20-26(37-4)30(40-7)27(21-23)38-5)14-9-8-10-16-41-28(33)13-12-22-18-24(35-2)29(39-6)25(19-22)36-3/h18-21H,8-11,14-17H2,1-7H3. The van der Waals surface area contributed by atoms with Crippen molar-refractivity contribution in [2.24, 2.45) is 0 Å². The number of hydrogen-bond acceptors (Lipinski definition) is 11. The maximum absolute atomic E-state index is 12.5. The number of benzene rings is 2. The van der Waals surface area contributed by atoms with Crippen LogP contribution < -0.4 is 28.4 Å². The smallest absolute Gasteiger partial charge is 0.384 e. The van der Waals surface area contributed by atoms with Gasteiger partial charge in [0.1, 0.15) is 0 Å². The van der Waals surface area contributed by atoms with E-state index in [0.29, 0.717) is 58.7 Å². The zero-order valence-electron chi connectivity index (χ0n) is 25.5. The zero-order valence-corrected chi connectivity index (χ0v) is 25.5. The van der Waals surface area contributed by atoms with Crippen LogP contribution in [0.2, 0.25) is 0 Å². The summed E-state index contributed by atoms with van der Waals surface area (Å²) in [6.07, 6.45) is 3.26. The fourth-order valence-electron chi connectivity index (χ4n) is 4.03. The van der Waals surface area contributed by atoms with E-state index in [1.54, 1.807) is 24.3 Å². The highest BCUT2D eigenvalue weighted by molar-refractivity contribution is 5.91. The molecule has 0 saturated carbocycles. The van der Waals surface area contributed by atoms with E-state index in [9.17, 15) is 9.59 Å². The van der Waals surface area contributed by atoms with Gasteiger partial charge in [0.25, 0.3) is 0 Å². The van der Waals surface area contributed by atoms with Crippen LogP contribution in [0.1, 0.15) is 41.6 Å². The van der Waals surface area contributed by atoms with Crippen LogP contribution in [0.5, 0.6) is 34.5 Å². The Morgan fingerprint density at radius 2 is 1.14 bits per heavy atom. The molecule has 0 saturated heterocycles. The third-order valence-electron chi connectivity index (χ3n) is 6.21. The van der Waals surface area contributed by atoms with Gasteiger partial charge in [0.05, 0.1) is 61.4 Å². The van der Waals surface area contributed by atoms with Gasteiger partial charge in [-0.1, -0.05) is 5.92 Å². The number of nitrogens with zero attached hydrogens (tertiary/aromatic N) is 1. The number of methoxy groups -OCH3 is 6. The Morgan fingerprint density at radius 1 is 0.643 bits per heavy atom. The molecule has 0 bridgehead atoms. The molecule has 0 unspecified atom stereocenters. The minimum absolute atomic E-state index is 0.285. The van der Waals surface area contributed by atoms with Crippen molar-refractivity contribution in [3.05, 3.63) is 35.4 Å². The molecule has 0 N–H and O–H groups in total. The summed E-state index contributed by atoms with van der Waals surface area (Å²) in [6, 6.07) is 6.46. The fraction of sp³-hybridized carbons (Fsp3) is 0.484. The molecule has 2 aromatic carbocycles. The van der Waals surface area contributed by atoms with Crippen LogP contribution in [-0.2, 0) is 14.3 Å². The van der Waals surface area contributed by atoms with E-state index >= 15 is 0 Å². The Kier molecular flexibility index (Phi) is 14.7. The van der Waals surface area contributed by atoms with Crippen LogP contribution in [0.25, 0.3) is 0 Å². The second-order valence-electron chi connectivity index (χ2n) is 9.07.